The zero-order chi connectivity index (χ0) is 3.58. The molecule has 5 heteroatoms. The molecule has 0 fully saturated rings. The van der Waals surface area contributed by atoms with Gasteiger partial charge in [-0.05, 0) is 0 Å². The summed E-state index contributed by atoms with van der Waals surface area (Å²) in [6, 6.07) is 0. The fourth-order valence-corrected chi connectivity index (χ4v) is 0. The van der Waals surface area contributed by atoms with Crippen LogP contribution in [0.3, 0.4) is 0 Å². The molecule has 0 spiro atoms. The number of halogens is 1. The molecule has 1 N–H and O–H groups in total. The Kier molecular flexibility index (Phi) is 8.93. The van der Waals surface area contributed by atoms with E-state index in [4.69, 9.17) is 14.0 Å². The molecule has 0 saturated carbocycles. The van der Waals surface area contributed by atoms with Crippen molar-refractivity contribution in [3.05, 3.63) is 0 Å². The Balaban J connectivity index is 0. The van der Waals surface area contributed by atoms with Crippen LogP contribution in [-0.4, -0.2) is 4.66 Å². The second-order valence-electron chi connectivity index (χ2n) is 0.201. The number of rotatable bonds is 0. The van der Waals surface area contributed by atoms with E-state index in [-0.39, 0.29) is 20.1 Å². The molecule has 0 bridgehead atoms. The minimum absolute atomic E-state index is 0. The quantitative estimate of drug-likeness (QED) is 0.515. The predicted octanol–water partition coefficient (Wildman–Crippen LogP) is -2.94. The molecule has 0 aliphatic carbocycles. The number of hydrogen-bond acceptors (Lipinski definition) is 3. The van der Waals surface area contributed by atoms with Gasteiger partial charge in [-0.2, -0.15) is 0 Å². The standard InChI is InChI=1S/ClHO3.Ir/c2-1(3)4;/h2H;. The van der Waals surface area contributed by atoms with Gasteiger partial charge in [0.25, 0.3) is 10.8 Å². The summed E-state index contributed by atoms with van der Waals surface area (Å²) in [6.45, 7) is 0. The van der Waals surface area contributed by atoms with Crippen LogP contribution >= 0.6 is 0 Å². The first-order chi connectivity index (χ1) is 1.73. The third kappa shape index (κ3) is 57.1. The van der Waals surface area contributed by atoms with Crippen molar-refractivity contribution < 1.29 is 44.9 Å². The minimum Gasteiger partial charge on any atom is -0.321 e. The minimum atomic E-state index is -2.60. The predicted molar refractivity (Wildman–Crippen MR) is 2.22 cm³/mol. The SMILES string of the molecule is [Ir].[O-][Cl+2]([O-])O. The van der Waals surface area contributed by atoms with E-state index in [1.807, 2.05) is 0 Å². The molecule has 0 aliphatic heterocycles. The molecular formula is HClIrO3. The fraction of sp³-hybridized carbons (Fsp3) is 0. The normalized spacial score (nSPS) is 7.20. The fourth-order valence-electron chi connectivity index (χ4n) is 0. The van der Waals surface area contributed by atoms with Crippen LogP contribution in [0.2, 0.25) is 0 Å². The monoisotopic (exact) mass is 277 g/mol. The largest absolute Gasteiger partial charge is 0.321 e. The van der Waals surface area contributed by atoms with E-state index in [1.54, 1.807) is 0 Å². The van der Waals surface area contributed by atoms with Crippen molar-refractivity contribution in [2.45, 2.75) is 0 Å². The molecule has 0 rings (SSSR count). The Bertz CT molecular complexity index is 11.6. The van der Waals surface area contributed by atoms with Gasteiger partial charge in [0, 0.05) is 24.8 Å². The Morgan fingerprint density at radius 2 is 1.40 bits per heavy atom. The Labute approximate surface area is 45.4 Å². The van der Waals surface area contributed by atoms with Crippen LogP contribution in [0.1, 0.15) is 0 Å². The van der Waals surface area contributed by atoms with Crippen molar-refractivity contribution in [2.24, 2.45) is 0 Å². The van der Waals surface area contributed by atoms with E-state index in [0.717, 1.165) is 0 Å². The van der Waals surface area contributed by atoms with E-state index in [1.165, 1.54) is 0 Å². The van der Waals surface area contributed by atoms with Crippen LogP contribution in [0.5, 0.6) is 0 Å². The summed E-state index contributed by atoms with van der Waals surface area (Å²) >= 11 is 0. The van der Waals surface area contributed by atoms with Crippen molar-refractivity contribution in [3.8, 4) is 0 Å². The average Bonchev–Trinajstić information content (AvgIpc) is 0.811. The maximum Gasteiger partial charge on any atom is 0.282 e. The first kappa shape index (κ1) is 9.27. The van der Waals surface area contributed by atoms with Gasteiger partial charge in [0.05, 0.1) is 0 Å². The summed E-state index contributed by atoms with van der Waals surface area (Å²) in [6.07, 6.45) is 0. The first-order valence-electron chi connectivity index (χ1n) is 0.478. The summed E-state index contributed by atoms with van der Waals surface area (Å²) in [5.41, 5.74) is 0. The molecule has 0 aromatic rings. The van der Waals surface area contributed by atoms with Gasteiger partial charge < -0.3 is 9.32 Å². The molecule has 0 saturated heterocycles. The number of hydrogen-bond donors (Lipinski definition) is 1. The maximum absolute atomic E-state index is 8.52. The molecule has 0 amide bonds. The van der Waals surface area contributed by atoms with E-state index in [0.29, 0.717) is 0 Å². The van der Waals surface area contributed by atoms with Crippen molar-refractivity contribution in [1.82, 2.24) is 0 Å². The third-order valence-corrected chi connectivity index (χ3v) is 0. The van der Waals surface area contributed by atoms with Crippen molar-refractivity contribution in [1.29, 1.82) is 0 Å². The van der Waals surface area contributed by atoms with E-state index in [2.05, 4.69) is 0 Å². The molecule has 0 aromatic heterocycles. The molecule has 5 heavy (non-hydrogen) atoms. The molecule has 1 radical (unpaired) electrons. The molecule has 3 nitrogen and oxygen atoms in total. The van der Waals surface area contributed by atoms with Gasteiger partial charge in [0.1, 0.15) is 0 Å². The van der Waals surface area contributed by atoms with Gasteiger partial charge in [-0.1, -0.05) is 0 Å². The van der Waals surface area contributed by atoms with Gasteiger partial charge >= 0.3 is 0 Å². The molecule has 0 aromatic carbocycles. The third-order valence-electron chi connectivity index (χ3n) is 0. The van der Waals surface area contributed by atoms with Gasteiger partial charge in [-0.25, -0.2) is 0 Å². The van der Waals surface area contributed by atoms with Crippen LogP contribution in [0, 0.1) is 10.8 Å². The molecule has 35 valence electrons. The van der Waals surface area contributed by atoms with Crippen LogP contribution in [-0.2, 0) is 20.1 Å². The van der Waals surface area contributed by atoms with Gasteiger partial charge in [-0.15, -0.1) is 0 Å². The molecule has 0 atom stereocenters. The van der Waals surface area contributed by atoms with Crippen molar-refractivity contribution in [3.63, 3.8) is 0 Å². The zero-order valence-corrected chi connectivity index (χ0v) is 5.13. The summed E-state index contributed by atoms with van der Waals surface area (Å²) in [5, 5.41) is 0. The van der Waals surface area contributed by atoms with Crippen LogP contribution < -0.4 is 9.32 Å². The Morgan fingerprint density at radius 3 is 1.40 bits per heavy atom. The molecular weight excluding hydrogens is 276 g/mol. The second kappa shape index (κ2) is 4.82. The first-order valence-corrected chi connectivity index (χ1v) is 1.43. The van der Waals surface area contributed by atoms with Crippen molar-refractivity contribution in [2.75, 3.05) is 0 Å². The average molecular weight is 277 g/mol. The molecule has 0 heterocycles. The van der Waals surface area contributed by atoms with Crippen LogP contribution in [0.4, 0.5) is 0 Å². The van der Waals surface area contributed by atoms with Gasteiger partial charge in [-0.3, -0.25) is 0 Å². The van der Waals surface area contributed by atoms with Crippen molar-refractivity contribution >= 4 is 0 Å². The Hall–Kier alpha value is 0.819. The van der Waals surface area contributed by atoms with Gasteiger partial charge in [0.15, 0.2) is 0 Å². The summed E-state index contributed by atoms with van der Waals surface area (Å²) in [4.78, 5) is 0. The topological polar surface area (TPSA) is 66.3 Å². The van der Waals surface area contributed by atoms with E-state index >= 15 is 0 Å². The smallest absolute Gasteiger partial charge is 0.282 e. The summed E-state index contributed by atoms with van der Waals surface area (Å²) in [7, 11) is -2.60. The maximum atomic E-state index is 8.52. The zero-order valence-electron chi connectivity index (χ0n) is 1.98. The molecule has 0 aliphatic rings. The van der Waals surface area contributed by atoms with Crippen LogP contribution in [0.25, 0.3) is 0 Å². The molecule has 0 unspecified atom stereocenters. The Morgan fingerprint density at radius 1 is 1.40 bits per heavy atom. The summed E-state index contributed by atoms with van der Waals surface area (Å²) < 4.78 is 24.0. The second-order valence-corrected chi connectivity index (χ2v) is 0.603. The summed E-state index contributed by atoms with van der Waals surface area (Å²) in [5.74, 6) is 0. The van der Waals surface area contributed by atoms with E-state index < -0.39 is 10.8 Å². The van der Waals surface area contributed by atoms with Gasteiger partial charge in [0.2, 0.25) is 0 Å². The van der Waals surface area contributed by atoms with Crippen LogP contribution in [0.15, 0.2) is 0 Å². The van der Waals surface area contributed by atoms with E-state index in [9.17, 15) is 0 Å².